The van der Waals surface area contributed by atoms with E-state index in [0.29, 0.717) is 57.7 Å². The predicted octanol–water partition coefficient (Wildman–Crippen LogP) is 2.19. The van der Waals surface area contributed by atoms with E-state index >= 15 is 0 Å². The molecule has 0 unspecified atom stereocenters. The molecule has 0 atom stereocenters. The zero-order valence-electron chi connectivity index (χ0n) is 17.3. The Morgan fingerprint density at radius 1 is 1.03 bits per heavy atom. The van der Waals surface area contributed by atoms with Crippen molar-refractivity contribution in [3.63, 3.8) is 0 Å². The van der Waals surface area contributed by atoms with Crippen LogP contribution < -0.4 is 0 Å². The maximum atomic E-state index is 12.9. The fraction of sp³-hybridized carbons (Fsp3) is 0.619. The summed E-state index contributed by atoms with van der Waals surface area (Å²) in [6.07, 6.45) is 3.04. The van der Waals surface area contributed by atoms with Crippen molar-refractivity contribution in [1.82, 2.24) is 14.1 Å². The molecule has 0 aliphatic carbocycles. The fourth-order valence-electron chi connectivity index (χ4n) is 4.17. The molecule has 160 valence electrons. The first-order valence-corrected chi connectivity index (χ1v) is 12.0. The molecule has 0 bridgehead atoms. The topological polar surface area (TPSA) is 78.0 Å². The van der Waals surface area contributed by atoms with Crippen molar-refractivity contribution in [2.45, 2.75) is 44.4 Å². The predicted molar refractivity (Wildman–Crippen MR) is 111 cm³/mol. The molecule has 2 fully saturated rings. The highest BCUT2D eigenvalue weighted by Gasteiger charge is 2.31. The molecule has 0 spiro atoms. The Morgan fingerprint density at radius 3 is 2.24 bits per heavy atom. The van der Waals surface area contributed by atoms with Gasteiger partial charge in [0, 0.05) is 50.7 Å². The Balaban J connectivity index is 1.67. The van der Waals surface area contributed by atoms with Crippen LogP contribution in [0.15, 0.2) is 29.2 Å². The van der Waals surface area contributed by atoms with E-state index in [2.05, 4.69) is 0 Å². The number of carbonyl (C=O) groups excluding carboxylic acids is 2. The average Bonchev–Trinajstić information content (AvgIpc) is 3.30. The molecule has 0 N–H and O–H groups in total. The van der Waals surface area contributed by atoms with E-state index in [1.807, 2.05) is 18.7 Å². The summed E-state index contributed by atoms with van der Waals surface area (Å²) in [6.45, 7) is 7.45. The quantitative estimate of drug-likeness (QED) is 0.705. The van der Waals surface area contributed by atoms with Crippen LogP contribution in [0.4, 0.5) is 0 Å². The van der Waals surface area contributed by atoms with Crippen LogP contribution in [0.3, 0.4) is 0 Å². The number of hydrogen-bond donors (Lipinski definition) is 0. The summed E-state index contributed by atoms with van der Waals surface area (Å²) in [6, 6.07) is 6.34. The number of benzene rings is 1. The third-order valence-electron chi connectivity index (χ3n) is 5.99. The SMILES string of the molecule is CCN(CC)C(=O)C1CCN(C(=O)c2cccc(S(=O)(=O)N3CCCC3)c2)CC1. The first kappa shape index (κ1) is 21.8. The lowest BCUT2D eigenvalue weighted by molar-refractivity contribution is -0.136. The van der Waals surface area contributed by atoms with Gasteiger partial charge in [0.25, 0.3) is 5.91 Å². The first-order valence-electron chi connectivity index (χ1n) is 10.6. The number of carbonyl (C=O) groups is 2. The smallest absolute Gasteiger partial charge is 0.253 e. The van der Waals surface area contributed by atoms with E-state index in [4.69, 9.17) is 0 Å². The summed E-state index contributed by atoms with van der Waals surface area (Å²) in [7, 11) is -3.55. The molecule has 29 heavy (non-hydrogen) atoms. The summed E-state index contributed by atoms with van der Waals surface area (Å²) in [5, 5.41) is 0. The summed E-state index contributed by atoms with van der Waals surface area (Å²) in [5.74, 6) is -0.0427. The van der Waals surface area contributed by atoms with Crippen molar-refractivity contribution in [1.29, 1.82) is 0 Å². The molecule has 2 aliphatic rings. The Kier molecular flexibility index (Phi) is 6.95. The molecule has 0 aromatic heterocycles. The molecule has 2 aliphatic heterocycles. The highest BCUT2D eigenvalue weighted by molar-refractivity contribution is 7.89. The lowest BCUT2D eigenvalue weighted by atomic mass is 9.94. The van der Waals surface area contributed by atoms with Crippen LogP contribution in [0.25, 0.3) is 0 Å². The molecule has 0 radical (unpaired) electrons. The van der Waals surface area contributed by atoms with E-state index < -0.39 is 10.0 Å². The van der Waals surface area contributed by atoms with E-state index in [9.17, 15) is 18.0 Å². The van der Waals surface area contributed by atoms with Crippen molar-refractivity contribution >= 4 is 21.8 Å². The Morgan fingerprint density at radius 2 is 1.66 bits per heavy atom. The van der Waals surface area contributed by atoms with Gasteiger partial charge in [0.05, 0.1) is 4.90 Å². The fourth-order valence-corrected chi connectivity index (χ4v) is 5.74. The maximum Gasteiger partial charge on any atom is 0.253 e. The van der Waals surface area contributed by atoms with Gasteiger partial charge < -0.3 is 9.80 Å². The van der Waals surface area contributed by atoms with Gasteiger partial charge in [-0.05, 0) is 57.7 Å². The van der Waals surface area contributed by atoms with Gasteiger partial charge in [-0.25, -0.2) is 8.42 Å². The molecule has 2 saturated heterocycles. The minimum absolute atomic E-state index is 0.0409. The minimum atomic E-state index is -3.55. The normalized spacial score (nSPS) is 18.8. The van der Waals surface area contributed by atoms with Crippen LogP contribution in [0, 0.1) is 5.92 Å². The zero-order valence-corrected chi connectivity index (χ0v) is 18.2. The number of sulfonamides is 1. The van der Waals surface area contributed by atoms with Crippen LogP contribution >= 0.6 is 0 Å². The second-order valence-electron chi connectivity index (χ2n) is 7.72. The Bertz CT molecular complexity index is 837. The molecule has 8 heteroatoms. The van der Waals surface area contributed by atoms with Crippen LogP contribution in [0.1, 0.15) is 49.9 Å². The van der Waals surface area contributed by atoms with Crippen LogP contribution in [0.2, 0.25) is 0 Å². The van der Waals surface area contributed by atoms with Crippen molar-refractivity contribution in [2.75, 3.05) is 39.3 Å². The van der Waals surface area contributed by atoms with Crippen LogP contribution in [-0.4, -0.2) is 73.6 Å². The van der Waals surface area contributed by atoms with E-state index in [1.54, 1.807) is 23.1 Å². The molecular weight excluding hydrogens is 390 g/mol. The van der Waals surface area contributed by atoms with Gasteiger partial charge >= 0.3 is 0 Å². The number of likely N-dealkylation sites (tertiary alicyclic amines) is 1. The molecule has 2 amide bonds. The number of hydrogen-bond acceptors (Lipinski definition) is 4. The summed E-state index contributed by atoms with van der Waals surface area (Å²) in [5.41, 5.74) is 0.388. The zero-order chi connectivity index (χ0) is 21.0. The van der Waals surface area contributed by atoms with E-state index in [0.717, 1.165) is 12.8 Å². The van der Waals surface area contributed by atoms with Gasteiger partial charge in [-0.1, -0.05) is 6.07 Å². The Hall–Kier alpha value is -1.93. The van der Waals surface area contributed by atoms with Crippen molar-refractivity contribution < 1.29 is 18.0 Å². The maximum absolute atomic E-state index is 12.9. The van der Waals surface area contributed by atoms with Gasteiger partial charge in [-0.3, -0.25) is 9.59 Å². The summed E-state index contributed by atoms with van der Waals surface area (Å²) < 4.78 is 27.1. The van der Waals surface area contributed by atoms with Gasteiger partial charge in [-0.2, -0.15) is 4.31 Å². The third-order valence-corrected chi connectivity index (χ3v) is 7.88. The molecule has 2 heterocycles. The van der Waals surface area contributed by atoms with E-state index in [1.165, 1.54) is 10.4 Å². The minimum Gasteiger partial charge on any atom is -0.343 e. The lowest BCUT2D eigenvalue weighted by Crippen LogP contribution is -2.44. The standard InChI is InChI=1S/C21H31N3O4S/c1-3-22(4-2)20(25)17-10-14-23(15-11-17)21(26)18-8-7-9-19(16-18)29(27,28)24-12-5-6-13-24/h7-9,16-17H,3-6,10-15H2,1-2H3. The summed E-state index contributed by atoms with van der Waals surface area (Å²) >= 11 is 0. The van der Waals surface area contributed by atoms with Crippen molar-refractivity contribution in [3.05, 3.63) is 29.8 Å². The second kappa shape index (κ2) is 9.26. The molecule has 1 aromatic rings. The monoisotopic (exact) mass is 421 g/mol. The molecule has 1 aromatic carbocycles. The third kappa shape index (κ3) is 4.64. The number of rotatable bonds is 6. The second-order valence-corrected chi connectivity index (χ2v) is 9.65. The van der Waals surface area contributed by atoms with Gasteiger partial charge in [0.15, 0.2) is 0 Å². The highest BCUT2D eigenvalue weighted by Crippen LogP contribution is 2.24. The van der Waals surface area contributed by atoms with E-state index in [-0.39, 0.29) is 22.6 Å². The molecule has 7 nitrogen and oxygen atoms in total. The Labute approximate surface area is 173 Å². The largest absolute Gasteiger partial charge is 0.343 e. The number of piperidine rings is 1. The lowest BCUT2D eigenvalue weighted by Gasteiger charge is -2.33. The van der Waals surface area contributed by atoms with Crippen molar-refractivity contribution in [3.8, 4) is 0 Å². The van der Waals surface area contributed by atoms with Crippen molar-refractivity contribution in [2.24, 2.45) is 5.92 Å². The molecule has 0 saturated carbocycles. The number of amides is 2. The highest BCUT2D eigenvalue weighted by atomic mass is 32.2. The molecule has 3 rings (SSSR count). The van der Waals surface area contributed by atoms with Crippen LogP contribution in [0.5, 0.6) is 0 Å². The summed E-state index contributed by atoms with van der Waals surface area (Å²) in [4.78, 5) is 29.2. The van der Waals surface area contributed by atoms with Gasteiger partial charge in [0.2, 0.25) is 15.9 Å². The number of nitrogens with zero attached hydrogens (tertiary/aromatic N) is 3. The van der Waals surface area contributed by atoms with Gasteiger partial charge in [-0.15, -0.1) is 0 Å². The average molecular weight is 422 g/mol. The van der Waals surface area contributed by atoms with Crippen LogP contribution in [-0.2, 0) is 14.8 Å². The first-order chi connectivity index (χ1) is 13.9. The molecular formula is C21H31N3O4S. The van der Waals surface area contributed by atoms with Gasteiger partial charge in [0.1, 0.15) is 0 Å².